The lowest BCUT2D eigenvalue weighted by Crippen LogP contribution is -1.96. The van der Waals surface area contributed by atoms with Crippen molar-refractivity contribution in [1.82, 2.24) is 0 Å². The van der Waals surface area contributed by atoms with Gasteiger partial charge in [-0.2, -0.15) is 0 Å². The molecule has 0 saturated carbocycles. The van der Waals surface area contributed by atoms with Gasteiger partial charge in [0.2, 0.25) is 0 Å². The molecule has 0 saturated heterocycles. The van der Waals surface area contributed by atoms with Gasteiger partial charge >= 0.3 is 0 Å². The summed E-state index contributed by atoms with van der Waals surface area (Å²) in [7, 11) is 0. The summed E-state index contributed by atoms with van der Waals surface area (Å²) in [5.41, 5.74) is 39.9. The Labute approximate surface area is 733 Å². The third-order valence-electron chi connectivity index (χ3n) is 22.9. The van der Waals surface area contributed by atoms with Crippen LogP contribution in [0.15, 0.2) is 467 Å². The van der Waals surface area contributed by atoms with Crippen LogP contribution < -0.4 is 0 Å². The molecule has 0 N–H and O–H groups in total. The predicted octanol–water partition coefficient (Wildman–Crippen LogP) is 35.7. The summed E-state index contributed by atoms with van der Waals surface area (Å²) in [5.74, 6) is 2.58. The maximum Gasteiger partial charge on any atom is -0.00266 e. The van der Waals surface area contributed by atoms with Crippen LogP contribution in [-0.2, 0) is 0 Å². The van der Waals surface area contributed by atoms with E-state index in [1.54, 1.807) is 0 Å². The van der Waals surface area contributed by atoms with E-state index in [4.69, 9.17) is 0 Å². The number of hydrogen-bond donors (Lipinski definition) is 0. The van der Waals surface area contributed by atoms with Crippen molar-refractivity contribution < 1.29 is 0 Å². The molecule has 0 spiro atoms. The van der Waals surface area contributed by atoms with Crippen LogP contribution in [0, 0.1) is 0 Å². The Morgan fingerprint density at radius 3 is 0.537 bits per heavy atom. The van der Waals surface area contributed by atoms with Crippen LogP contribution in [0.1, 0.15) is 127 Å². The number of hydrogen-bond acceptors (Lipinski definition) is 0. The molecule has 0 amide bonds. The van der Waals surface area contributed by atoms with Gasteiger partial charge in [-0.05, 0) is 232 Å². The molecule has 123 heavy (non-hydrogen) atoms. The lowest BCUT2D eigenvalue weighted by molar-refractivity contribution is 0.867. The predicted molar refractivity (Wildman–Crippen MR) is 533 cm³/mol. The first-order valence-corrected chi connectivity index (χ1v) is 43.7. The fourth-order valence-electron chi connectivity index (χ4n) is 15.7. The molecule has 0 atom stereocenters. The zero-order chi connectivity index (χ0) is 85.2. The van der Waals surface area contributed by atoms with Crippen LogP contribution in [-0.4, -0.2) is 0 Å². The van der Waals surface area contributed by atoms with Crippen LogP contribution in [0.5, 0.6) is 0 Å². The summed E-state index contributed by atoms with van der Waals surface area (Å²) in [5, 5.41) is 0. The van der Waals surface area contributed by atoms with Crippen molar-refractivity contribution in [2.75, 3.05) is 0 Å². The zero-order valence-corrected chi connectivity index (χ0v) is 72.8. The van der Waals surface area contributed by atoms with Gasteiger partial charge in [-0.15, -0.1) is 0 Å². The fourth-order valence-corrected chi connectivity index (χ4v) is 15.7. The topological polar surface area (TPSA) is 0 Å². The van der Waals surface area contributed by atoms with E-state index in [0.717, 1.165) is 0 Å². The Kier molecular flexibility index (Phi) is 29.3. The molecule has 18 rings (SSSR count). The van der Waals surface area contributed by atoms with Gasteiger partial charge < -0.3 is 0 Å². The Balaban J connectivity index is 0.000000126. The largest absolute Gasteiger partial charge is 0.0622 e. The minimum absolute atomic E-state index is 0.472. The summed E-state index contributed by atoms with van der Waals surface area (Å²) in [6.07, 6.45) is 0. The molecule has 0 aliphatic rings. The van der Waals surface area contributed by atoms with Crippen LogP contribution in [0.2, 0.25) is 0 Å². The molecule has 0 nitrogen and oxygen atoms in total. The quantitative estimate of drug-likeness (QED) is 0.0803. The summed E-state index contributed by atoms with van der Waals surface area (Å²) in [6.45, 7) is 22.5. The van der Waals surface area contributed by atoms with Crippen molar-refractivity contribution in [3.05, 3.63) is 495 Å². The van der Waals surface area contributed by atoms with E-state index < -0.39 is 0 Å². The molecular formula is C123H112. The van der Waals surface area contributed by atoms with E-state index in [9.17, 15) is 0 Å². The van der Waals surface area contributed by atoms with E-state index >= 15 is 0 Å². The van der Waals surface area contributed by atoms with Gasteiger partial charge in [-0.1, -0.05) is 506 Å². The molecule has 18 aromatic carbocycles. The zero-order valence-electron chi connectivity index (χ0n) is 72.8. The third kappa shape index (κ3) is 22.7. The second-order valence-electron chi connectivity index (χ2n) is 33.3. The number of rotatable bonds is 18. The van der Waals surface area contributed by atoms with Gasteiger partial charge in [0.25, 0.3) is 0 Å². The molecule has 0 aliphatic carbocycles. The van der Waals surface area contributed by atoms with Gasteiger partial charge in [0.05, 0.1) is 0 Å². The van der Waals surface area contributed by atoms with Crippen LogP contribution in [0.25, 0.3) is 145 Å². The lowest BCUT2D eigenvalue weighted by atomic mass is 9.84. The van der Waals surface area contributed by atoms with Crippen molar-refractivity contribution in [2.45, 2.75) is 98.8 Å². The standard InChI is InChI=1S/3C27H24.2C21H20/c1-20(2)24-18-25(21-12-6-3-7-13-21)27(23-16-10-5-11-17-23)26(19-24)22-14-8-4-9-15-22;1-20(2)21-13-15-24(16-14-21)27-18-25(22-9-5-3-6-10-22)17-26(19-27)23-11-7-4-8-12-23;1-20(2)25-17-26(22-11-7-4-8-12-22)19-27(18-25)24-15-13-23(14-16-24)21-9-5-3-6-10-21;1-16(2)19-13-20(17-9-5-3-6-10-17)15-21(14-19)18-11-7-4-8-12-18;1-16(2)19-13-14-20(17-9-5-3-6-10-17)21(15-19)18-11-7-4-8-12-18/h3*3-20H,1-2H3;2*3-16H,1-2H3. The maximum atomic E-state index is 2.37. The molecule has 0 aliphatic heterocycles. The van der Waals surface area contributed by atoms with E-state index in [1.807, 2.05) is 0 Å². The average Bonchev–Trinajstić information content (AvgIpc) is 0.773. The highest BCUT2D eigenvalue weighted by atomic mass is 14.2. The van der Waals surface area contributed by atoms with Gasteiger partial charge in [0, 0.05) is 0 Å². The Hall–Kier alpha value is -14.0. The second kappa shape index (κ2) is 42.3. The molecule has 18 aromatic rings. The van der Waals surface area contributed by atoms with E-state index in [-0.39, 0.29) is 0 Å². The van der Waals surface area contributed by atoms with Gasteiger partial charge in [-0.3, -0.25) is 0 Å². The maximum absolute atomic E-state index is 2.37. The van der Waals surface area contributed by atoms with Crippen molar-refractivity contribution in [2.24, 2.45) is 0 Å². The molecule has 0 bridgehead atoms. The highest BCUT2D eigenvalue weighted by Gasteiger charge is 2.19. The Morgan fingerprint density at radius 2 is 0.276 bits per heavy atom. The Morgan fingerprint density at radius 1 is 0.106 bits per heavy atom. The lowest BCUT2D eigenvalue weighted by Gasteiger charge is -2.20. The van der Waals surface area contributed by atoms with Crippen LogP contribution in [0.4, 0.5) is 0 Å². The summed E-state index contributed by atoms with van der Waals surface area (Å²) < 4.78 is 0. The molecule has 604 valence electrons. The number of benzene rings is 18. The average molecular weight is 1590 g/mol. The first-order chi connectivity index (χ1) is 60.1. The van der Waals surface area contributed by atoms with E-state index in [0.29, 0.717) is 29.6 Å². The second-order valence-corrected chi connectivity index (χ2v) is 33.3. The van der Waals surface area contributed by atoms with E-state index in [1.165, 1.54) is 172 Å². The molecule has 0 heteroatoms. The minimum atomic E-state index is 0.472. The molecule has 0 aromatic heterocycles. The van der Waals surface area contributed by atoms with Gasteiger partial charge in [0.15, 0.2) is 0 Å². The summed E-state index contributed by atoms with van der Waals surface area (Å²) in [4.78, 5) is 0. The molecule has 0 unspecified atom stereocenters. The first-order valence-electron chi connectivity index (χ1n) is 43.7. The molecule has 0 heterocycles. The summed E-state index contributed by atoms with van der Waals surface area (Å²) in [6, 6.07) is 167. The van der Waals surface area contributed by atoms with Crippen molar-refractivity contribution >= 4 is 0 Å². The van der Waals surface area contributed by atoms with Crippen LogP contribution in [0.3, 0.4) is 0 Å². The van der Waals surface area contributed by atoms with Crippen molar-refractivity contribution in [3.8, 4) is 145 Å². The smallest absolute Gasteiger partial charge is 0.00266 e. The summed E-state index contributed by atoms with van der Waals surface area (Å²) >= 11 is 0. The molecular weight excluding hydrogens is 1480 g/mol. The van der Waals surface area contributed by atoms with Crippen LogP contribution >= 0.6 is 0 Å². The normalized spacial score (nSPS) is 10.9. The molecule has 0 fully saturated rings. The SMILES string of the molecule is CC(C)c1cc(-c2ccccc2)c(-c2ccccc2)c(-c2ccccc2)c1.CC(C)c1cc(-c2ccccc2)cc(-c2ccc(-c3ccccc3)cc2)c1.CC(C)c1cc(-c2ccccc2)cc(-c2ccccc2)c1.CC(C)c1ccc(-c2cc(-c3ccccc3)cc(-c3ccccc3)c2)cc1.CC(C)c1ccc(-c2ccccc2)c(-c2ccccc2)c1. The molecule has 0 radical (unpaired) electrons. The Bertz CT molecular complexity index is 6080. The van der Waals surface area contributed by atoms with E-state index in [2.05, 4.69) is 536 Å². The van der Waals surface area contributed by atoms with Gasteiger partial charge in [-0.25, -0.2) is 0 Å². The minimum Gasteiger partial charge on any atom is -0.0622 e. The first kappa shape index (κ1) is 85.4. The third-order valence-corrected chi connectivity index (χ3v) is 22.9. The highest BCUT2D eigenvalue weighted by Crippen LogP contribution is 2.44. The monoisotopic (exact) mass is 1590 g/mol. The fraction of sp³-hybridized carbons (Fsp3) is 0.122. The van der Waals surface area contributed by atoms with Crippen molar-refractivity contribution in [1.29, 1.82) is 0 Å². The van der Waals surface area contributed by atoms with Gasteiger partial charge in [0.1, 0.15) is 0 Å². The highest BCUT2D eigenvalue weighted by molar-refractivity contribution is 5.95. The van der Waals surface area contributed by atoms with Crippen molar-refractivity contribution in [3.63, 3.8) is 0 Å².